The molecule has 0 spiro atoms. The Balaban J connectivity index is 0.00000306. The van der Waals surface area contributed by atoms with Crippen LogP contribution in [0.3, 0.4) is 0 Å². The fourth-order valence-electron chi connectivity index (χ4n) is 3.85. The molecule has 0 amide bonds. The molecule has 2 N–H and O–H groups in total. The summed E-state index contributed by atoms with van der Waals surface area (Å²) in [6, 6.07) is 14.8. The zero-order valence-electron chi connectivity index (χ0n) is 19.5. The summed E-state index contributed by atoms with van der Waals surface area (Å²) >= 11 is 0. The molecule has 7 nitrogen and oxygen atoms in total. The van der Waals surface area contributed by atoms with E-state index < -0.39 is 0 Å². The fourth-order valence-corrected chi connectivity index (χ4v) is 3.85. The summed E-state index contributed by atoms with van der Waals surface area (Å²) in [6.45, 7) is 9.34. The molecule has 0 bridgehead atoms. The standard InChI is InChI=1S/C25H32N6O.HI/c1-4-26-25(28-17-24-27-16-22(32-24)20-10-8-18(2)9-11-20)30-21-12-14-31(15-13-21)23-7-5-6-19(3)29-23;/h5-11,16,21H,4,12-15,17H2,1-3H3,(H2,26,28,30);1H. The van der Waals surface area contributed by atoms with E-state index in [-0.39, 0.29) is 24.0 Å². The van der Waals surface area contributed by atoms with Crippen molar-refractivity contribution in [2.75, 3.05) is 24.5 Å². The Hall–Kier alpha value is -2.62. The Bertz CT molecular complexity index is 1040. The average Bonchev–Trinajstić information content (AvgIpc) is 3.28. The SMILES string of the molecule is CCNC(=NCc1ncc(-c2ccc(C)cc2)o1)NC1CCN(c2cccc(C)n2)CC1.I. The fraction of sp³-hybridized carbons (Fsp3) is 0.400. The van der Waals surface area contributed by atoms with Gasteiger partial charge in [0.25, 0.3) is 0 Å². The van der Waals surface area contributed by atoms with Crippen LogP contribution in [0.5, 0.6) is 0 Å². The Labute approximate surface area is 213 Å². The van der Waals surface area contributed by atoms with E-state index in [4.69, 9.17) is 9.41 Å². The maximum Gasteiger partial charge on any atom is 0.216 e. The molecule has 0 saturated carbocycles. The summed E-state index contributed by atoms with van der Waals surface area (Å²) in [5.74, 6) is 3.25. The van der Waals surface area contributed by atoms with Gasteiger partial charge in [0.2, 0.25) is 5.89 Å². The molecule has 176 valence electrons. The largest absolute Gasteiger partial charge is 0.439 e. The lowest BCUT2D eigenvalue weighted by atomic mass is 10.1. The number of guanidine groups is 1. The maximum atomic E-state index is 5.91. The molecule has 1 aliphatic rings. The third-order valence-corrected chi connectivity index (χ3v) is 5.64. The van der Waals surface area contributed by atoms with Gasteiger partial charge in [0.15, 0.2) is 11.7 Å². The van der Waals surface area contributed by atoms with Gasteiger partial charge in [-0.15, -0.1) is 24.0 Å². The first kappa shape index (κ1) is 25.0. The quantitative estimate of drug-likeness (QED) is 0.259. The lowest BCUT2D eigenvalue weighted by Gasteiger charge is -2.34. The molecule has 1 saturated heterocycles. The number of aryl methyl sites for hydroxylation is 2. The van der Waals surface area contributed by atoms with Crippen molar-refractivity contribution in [1.82, 2.24) is 20.6 Å². The molecule has 0 atom stereocenters. The van der Waals surface area contributed by atoms with Crippen molar-refractivity contribution >= 4 is 35.8 Å². The van der Waals surface area contributed by atoms with Crippen LogP contribution >= 0.6 is 24.0 Å². The molecular formula is C25H33IN6O. The Morgan fingerprint density at radius 3 is 2.58 bits per heavy atom. The first-order chi connectivity index (χ1) is 15.6. The van der Waals surface area contributed by atoms with E-state index >= 15 is 0 Å². The van der Waals surface area contributed by atoms with Crippen LogP contribution in [0.4, 0.5) is 5.82 Å². The van der Waals surface area contributed by atoms with Crippen LogP contribution in [0.1, 0.15) is 36.9 Å². The maximum absolute atomic E-state index is 5.91. The van der Waals surface area contributed by atoms with Gasteiger partial charge in [-0.3, -0.25) is 0 Å². The summed E-state index contributed by atoms with van der Waals surface area (Å²) in [4.78, 5) is 16.1. The van der Waals surface area contributed by atoms with Crippen molar-refractivity contribution in [1.29, 1.82) is 0 Å². The minimum atomic E-state index is 0. The number of halogens is 1. The predicted octanol–water partition coefficient (Wildman–Crippen LogP) is 4.70. The van der Waals surface area contributed by atoms with E-state index in [2.05, 4.69) is 63.6 Å². The lowest BCUT2D eigenvalue weighted by molar-refractivity contribution is 0.458. The Morgan fingerprint density at radius 2 is 1.88 bits per heavy atom. The number of hydrogen-bond donors (Lipinski definition) is 2. The Morgan fingerprint density at radius 1 is 1.12 bits per heavy atom. The second-order valence-electron chi connectivity index (χ2n) is 8.22. The Kier molecular flexibility index (Phi) is 9.11. The van der Waals surface area contributed by atoms with E-state index in [1.54, 1.807) is 6.20 Å². The van der Waals surface area contributed by atoms with Gasteiger partial charge in [-0.1, -0.05) is 35.9 Å². The van der Waals surface area contributed by atoms with Crippen molar-refractivity contribution in [2.45, 2.75) is 46.2 Å². The van der Waals surface area contributed by atoms with Crippen molar-refractivity contribution in [3.8, 4) is 11.3 Å². The molecule has 4 rings (SSSR count). The van der Waals surface area contributed by atoms with E-state index in [0.29, 0.717) is 18.5 Å². The van der Waals surface area contributed by atoms with Crippen LogP contribution in [0, 0.1) is 13.8 Å². The van der Waals surface area contributed by atoms with Crippen molar-refractivity contribution in [3.05, 3.63) is 65.8 Å². The average molecular weight is 560 g/mol. The molecule has 0 aliphatic carbocycles. The van der Waals surface area contributed by atoms with Crippen LogP contribution in [-0.4, -0.2) is 41.6 Å². The first-order valence-electron chi connectivity index (χ1n) is 11.4. The number of hydrogen-bond acceptors (Lipinski definition) is 5. The smallest absolute Gasteiger partial charge is 0.216 e. The molecular weight excluding hydrogens is 527 g/mol. The van der Waals surface area contributed by atoms with Crippen LogP contribution in [0.2, 0.25) is 0 Å². The van der Waals surface area contributed by atoms with Gasteiger partial charge >= 0.3 is 0 Å². The molecule has 33 heavy (non-hydrogen) atoms. The van der Waals surface area contributed by atoms with Crippen LogP contribution in [-0.2, 0) is 6.54 Å². The van der Waals surface area contributed by atoms with Gasteiger partial charge in [0.1, 0.15) is 12.4 Å². The van der Waals surface area contributed by atoms with Gasteiger partial charge in [0.05, 0.1) is 6.20 Å². The van der Waals surface area contributed by atoms with Crippen molar-refractivity contribution in [3.63, 3.8) is 0 Å². The molecule has 0 unspecified atom stereocenters. The highest BCUT2D eigenvalue weighted by Gasteiger charge is 2.21. The molecule has 1 aromatic carbocycles. The number of piperidine rings is 1. The number of pyridine rings is 1. The summed E-state index contributed by atoms with van der Waals surface area (Å²) < 4.78 is 5.91. The highest BCUT2D eigenvalue weighted by Crippen LogP contribution is 2.21. The minimum absolute atomic E-state index is 0. The molecule has 1 fully saturated rings. The number of nitrogens with one attached hydrogen (secondary N) is 2. The third-order valence-electron chi connectivity index (χ3n) is 5.64. The van der Waals surface area contributed by atoms with Gasteiger partial charge in [0, 0.05) is 36.9 Å². The number of aliphatic imine (C=N–C) groups is 1. The molecule has 8 heteroatoms. The number of oxazole rings is 1. The third kappa shape index (κ3) is 6.93. The molecule has 1 aliphatic heterocycles. The topological polar surface area (TPSA) is 78.6 Å². The van der Waals surface area contributed by atoms with Crippen molar-refractivity contribution in [2.24, 2.45) is 4.99 Å². The summed E-state index contributed by atoms with van der Waals surface area (Å²) in [7, 11) is 0. The van der Waals surface area contributed by atoms with E-state index in [1.165, 1.54) is 5.56 Å². The number of benzene rings is 1. The van der Waals surface area contributed by atoms with Crippen LogP contribution in [0.25, 0.3) is 11.3 Å². The second-order valence-corrected chi connectivity index (χ2v) is 8.22. The minimum Gasteiger partial charge on any atom is -0.439 e. The number of nitrogens with zero attached hydrogens (tertiary/aromatic N) is 4. The molecule has 3 heterocycles. The normalized spacial score (nSPS) is 14.6. The number of anilines is 1. The van der Waals surface area contributed by atoms with Gasteiger partial charge < -0.3 is 20.0 Å². The number of rotatable bonds is 6. The van der Waals surface area contributed by atoms with E-state index in [9.17, 15) is 0 Å². The van der Waals surface area contributed by atoms with Gasteiger partial charge in [-0.25, -0.2) is 15.0 Å². The van der Waals surface area contributed by atoms with Gasteiger partial charge in [-0.05, 0) is 45.7 Å². The summed E-state index contributed by atoms with van der Waals surface area (Å²) in [5, 5.41) is 6.92. The summed E-state index contributed by atoms with van der Waals surface area (Å²) in [5.41, 5.74) is 3.31. The van der Waals surface area contributed by atoms with Crippen LogP contribution in [0.15, 0.2) is 58.1 Å². The van der Waals surface area contributed by atoms with Crippen LogP contribution < -0.4 is 15.5 Å². The zero-order valence-corrected chi connectivity index (χ0v) is 21.9. The zero-order chi connectivity index (χ0) is 22.3. The van der Waals surface area contributed by atoms with Gasteiger partial charge in [-0.2, -0.15) is 0 Å². The predicted molar refractivity (Wildman–Crippen MR) is 144 cm³/mol. The lowest BCUT2D eigenvalue weighted by Crippen LogP contribution is -2.48. The molecule has 3 aromatic rings. The highest BCUT2D eigenvalue weighted by atomic mass is 127. The van der Waals surface area contributed by atoms with E-state index in [1.807, 2.05) is 25.1 Å². The monoisotopic (exact) mass is 560 g/mol. The number of aromatic nitrogens is 2. The molecule has 2 aromatic heterocycles. The highest BCUT2D eigenvalue weighted by molar-refractivity contribution is 14.0. The summed E-state index contributed by atoms with van der Waals surface area (Å²) in [6.07, 6.45) is 3.85. The molecule has 0 radical (unpaired) electrons. The first-order valence-corrected chi connectivity index (χ1v) is 11.4. The van der Waals surface area contributed by atoms with E-state index in [0.717, 1.165) is 61.3 Å². The van der Waals surface area contributed by atoms with Crippen molar-refractivity contribution < 1.29 is 4.42 Å². The second kappa shape index (κ2) is 12.0.